The van der Waals surface area contributed by atoms with Gasteiger partial charge in [0.15, 0.2) is 0 Å². The van der Waals surface area contributed by atoms with Gasteiger partial charge in [0.2, 0.25) is 0 Å². The van der Waals surface area contributed by atoms with Gasteiger partial charge in [-0.05, 0) is 45.8 Å². The number of hydrogen-bond donors (Lipinski definition) is 1. The van der Waals surface area contributed by atoms with Crippen LogP contribution in [0.2, 0.25) is 0 Å². The molecule has 2 fully saturated rings. The maximum absolute atomic E-state index is 6.53. The molecule has 0 bridgehead atoms. The fraction of sp³-hybridized carbons (Fsp3) is 1.00. The van der Waals surface area contributed by atoms with Gasteiger partial charge in [-0.1, -0.05) is 26.2 Å². The van der Waals surface area contributed by atoms with Gasteiger partial charge in [-0.3, -0.25) is 0 Å². The minimum atomic E-state index is 0.150. The Balaban J connectivity index is 1.77. The van der Waals surface area contributed by atoms with Crippen LogP contribution >= 0.6 is 0 Å². The summed E-state index contributed by atoms with van der Waals surface area (Å²) in [5.74, 6) is 0.792. The predicted molar refractivity (Wildman–Crippen MR) is 77.7 cm³/mol. The third kappa shape index (κ3) is 3.46. The average Bonchev–Trinajstić information content (AvgIpc) is 2.69. The van der Waals surface area contributed by atoms with E-state index < -0.39 is 0 Å². The first-order valence-corrected chi connectivity index (χ1v) is 7.68. The molecule has 0 aromatic heterocycles. The molecule has 1 aliphatic heterocycles. The molecule has 1 heterocycles. The largest absolute Gasteiger partial charge is 0.325 e. The predicted octanol–water partition coefficient (Wildman–Crippen LogP) is 1.92. The van der Waals surface area contributed by atoms with Crippen molar-refractivity contribution in [2.45, 2.75) is 57.0 Å². The van der Waals surface area contributed by atoms with Crippen molar-refractivity contribution in [3.8, 4) is 0 Å². The molecule has 0 amide bonds. The molecule has 0 radical (unpaired) electrons. The van der Waals surface area contributed by atoms with Crippen LogP contribution in [0.3, 0.4) is 0 Å². The maximum atomic E-state index is 6.53. The SMILES string of the molecule is CC1CN(CCC2(N)CCCCC2)CC1N(C)C. The van der Waals surface area contributed by atoms with Gasteiger partial charge >= 0.3 is 0 Å². The molecule has 2 atom stereocenters. The van der Waals surface area contributed by atoms with Crippen molar-refractivity contribution in [2.24, 2.45) is 11.7 Å². The summed E-state index contributed by atoms with van der Waals surface area (Å²) in [7, 11) is 4.41. The highest BCUT2D eigenvalue weighted by molar-refractivity contribution is 4.91. The third-order valence-corrected chi connectivity index (χ3v) is 5.09. The molecular weight excluding hydrogens is 222 g/mol. The molecule has 1 saturated carbocycles. The van der Waals surface area contributed by atoms with Gasteiger partial charge in [0.05, 0.1) is 0 Å². The molecule has 0 spiro atoms. The van der Waals surface area contributed by atoms with Gasteiger partial charge in [0.1, 0.15) is 0 Å². The first-order valence-electron chi connectivity index (χ1n) is 7.68. The van der Waals surface area contributed by atoms with Crippen LogP contribution in [0.15, 0.2) is 0 Å². The molecule has 106 valence electrons. The molecule has 2 rings (SSSR count). The van der Waals surface area contributed by atoms with E-state index in [-0.39, 0.29) is 5.54 Å². The van der Waals surface area contributed by atoms with E-state index in [9.17, 15) is 0 Å². The van der Waals surface area contributed by atoms with Gasteiger partial charge in [-0.15, -0.1) is 0 Å². The summed E-state index contributed by atoms with van der Waals surface area (Å²) in [6.07, 6.45) is 7.75. The summed E-state index contributed by atoms with van der Waals surface area (Å²) in [6, 6.07) is 0.727. The highest BCUT2D eigenvalue weighted by atomic mass is 15.2. The van der Waals surface area contributed by atoms with Crippen LogP contribution < -0.4 is 5.73 Å². The van der Waals surface area contributed by atoms with Crippen molar-refractivity contribution >= 4 is 0 Å². The zero-order valence-corrected chi connectivity index (χ0v) is 12.5. The van der Waals surface area contributed by atoms with Crippen LogP contribution in [0.1, 0.15) is 45.4 Å². The van der Waals surface area contributed by atoms with Crippen LogP contribution in [0.25, 0.3) is 0 Å². The lowest BCUT2D eigenvalue weighted by Crippen LogP contribution is -2.44. The van der Waals surface area contributed by atoms with Gasteiger partial charge in [0.25, 0.3) is 0 Å². The Labute approximate surface area is 113 Å². The van der Waals surface area contributed by atoms with Crippen molar-refractivity contribution < 1.29 is 0 Å². The molecular formula is C15H31N3. The molecule has 0 aromatic rings. The van der Waals surface area contributed by atoms with Gasteiger partial charge < -0.3 is 15.5 Å². The lowest BCUT2D eigenvalue weighted by Gasteiger charge is -2.35. The van der Waals surface area contributed by atoms with Crippen molar-refractivity contribution in [2.75, 3.05) is 33.7 Å². The van der Waals surface area contributed by atoms with Crippen LogP contribution in [-0.2, 0) is 0 Å². The summed E-state index contributed by atoms with van der Waals surface area (Å²) in [5, 5.41) is 0. The second-order valence-corrected chi connectivity index (χ2v) is 6.94. The number of rotatable bonds is 4. The van der Waals surface area contributed by atoms with Crippen molar-refractivity contribution in [3.63, 3.8) is 0 Å². The summed E-state index contributed by atoms with van der Waals surface area (Å²) >= 11 is 0. The first-order chi connectivity index (χ1) is 8.50. The molecule has 3 nitrogen and oxygen atoms in total. The normalized spacial score (nSPS) is 33.2. The van der Waals surface area contributed by atoms with Crippen molar-refractivity contribution in [1.82, 2.24) is 9.80 Å². The highest BCUT2D eigenvalue weighted by Crippen LogP contribution is 2.29. The van der Waals surface area contributed by atoms with E-state index in [2.05, 4.69) is 30.8 Å². The van der Waals surface area contributed by atoms with E-state index in [1.54, 1.807) is 0 Å². The fourth-order valence-electron chi connectivity index (χ4n) is 3.79. The van der Waals surface area contributed by atoms with Gasteiger partial charge in [-0.2, -0.15) is 0 Å². The van der Waals surface area contributed by atoms with E-state index >= 15 is 0 Å². The Morgan fingerprint density at radius 2 is 1.83 bits per heavy atom. The van der Waals surface area contributed by atoms with Gasteiger partial charge in [0, 0.05) is 24.7 Å². The maximum Gasteiger partial charge on any atom is 0.0254 e. The molecule has 2 unspecified atom stereocenters. The highest BCUT2D eigenvalue weighted by Gasteiger charge is 2.33. The number of hydrogen-bond acceptors (Lipinski definition) is 3. The minimum absolute atomic E-state index is 0.150. The van der Waals surface area contributed by atoms with E-state index in [0.717, 1.165) is 12.0 Å². The summed E-state index contributed by atoms with van der Waals surface area (Å²) < 4.78 is 0. The Morgan fingerprint density at radius 1 is 1.17 bits per heavy atom. The molecule has 1 saturated heterocycles. The lowest BCUT2D eigenvalue weighted by molar-refractivity contribution is 0.217. The molecule has 18 heavy (non-hydrogen) atoms. The van der Waals surface area contributed by atoms with E-state index in [0.29, 0.717) is 0 Å². The number of nitrogens with zero attached hydrogens (tertiary/aromatic N) is 2. The van der Waals surface area contributed by atoms with Crippen molar-refractivity contribution in [1.29, 1.82) is 0 Å². The summed E-state index contributed by atoms with van der Waals surface area (Å²) in [6.45, 7) is 6.05. The second-order valence-electron chi connectivity index (χ2n) is 6.94. The average molecular weight is 253 g/mol. The number of nitrogens with two attached hydrogens (primary N) is 1. The Morgan fingerprint density at radius 3 is 2.39 bits per heavy atom. The lowest BCUT2D eigenvalue weighted by atomic mass is 9.80. The summed E-state index contributed by atoms with van der Waals surface area (Å²) in [5.41, 5.74) is 6.68. The number of likely N-dealkylation sites (tertiary alicyclic amines) is 1. The van der Waals surface area contributed by atoms with E-state index in [4.69, 9.17) is 5.73 Å². The molecule has 3 heteroatoms. The van der Waals surface area contributed by atoms with Crippen molar-refractivity contribution in [3.05, 3.63) is 0 Å². The monoisotopic (exact) mass is 253 g/mol. The smallest absolute Gasteiger partial charge is 0.0254 e. The van der Waals surface area contributed by atoms with E-state index in [1.165, 1.54) is 58.2 Å². The minimum Gasteiger partial charge on any atom is -0.325 e. The Hall–Kier alpha value is -0.120. The quantitative estimate of drug-likeness (QED) is 0.831. The molecule has 0 aromatic carbocycles. The number of likely N-dealkylation sites (N-methyl/N-ethyl adjacent to an activating group) is 1. The van der Waals surface area contributed by atoms with Crippen LogP contribution in [0.5, 0.6) is 0 Å². The summed E-state index contributed by atoms with van der Waals surface area (Å²) in [4.78, 5) is 5.00. The van der Waals surface area contributed by atoms with Crippen LogP contribution in [0, 0.1) is 5.92 Å². The third-order valence-electron chi connectivity index (χ3n) is 5.09. The first kappa shape index (κ1) is 14.3. The fourth-order valence-corrected chi connectivity index (χ4v) is 3.79. The molecule has 2 aliphatic rings. The standard InChI is InChI=1S/C15H31N3/c1-13-11-18(12-14(13)17(2)3)10-9-15(16)7-5-4-6-8-15/h13-14H,4-12,16H2,1-3H3. The zero-order valence-electron chi connectivity index (χ0n) is 12.5. The zero-order chi connectivity index (χ0) is 13.2. The van der Waals surface area contributed by atoms with Crippen LogP contribution in [0.4, 0.5) is 0 Å². The second kappa shape index (κ2) is 5.89. The van der Waals surface area contributed by atoms with Crippen LogP contribution in [-0.4, -0.2) is 55.1 Å². The van der Waals surface area contributed by atoms with E-state index in [1.807, 2.05) is 0 Å². The Bertz CT molecular complexity index is 258. The van der Waals surface area contributed by atoms with Gasteiger partial charge in [-0.25, -0.2) is 0 Å². The molecule has 2 N–H and O–H groups in total. The molecule has 1 aliphatic carbocycles. The Kier molecular flexibility index (Phi) is 4.68. The topological polar surface area (TPSA) is 32.5 Å².